The van der Waals surface area contributed by atoms with Crippen LogP contribution in [0.3, 0.4) is 0 Å². The van der Waals surface area contributed by atoms with Gasteiger partial charge in [0, 0.05) is 12.1 Å². The van der Waals surface area contributed by atoms with E-state index in [4.69, 9.17) is 14.2 Å². The summed E-state index contributed by atoms with van der Waals surface area (Å²) >= 11 is 0. The third-order valence-electron chi connectivity index (χ3n) is 3.51. The summed E-state index contributed by atoms with van der Waals surface area (Å²) in [4.78, 5) is 11.2. The third kappa shape index (κ3) is 3.94. The number of methoxy groups -OCH3 is 2. The minimum absolute atomic E-state index is 0.0321. The quantitative estimate of drug-likeness (QED) is 0.846. The van der Waals surface area contributed by atoms with Crippen LogP contribution in [0.4, 0.5) is 0 Å². The first-order chi connectivity index (χ1) is 11.1. The van der Waals surface area contributed by atoms with Crippen molar-refractivity contribution in [3.8, 4) is 17.2 Å². The Labute approximate surface area is 135 Å². The van der Waals surface area contributed by atoms with Crippen molar-refractivity contribution in [3.05, 3.63) is 53.1 Å². The number of carboxylic acids is 1. The second kappa shape index (κ2) is 7.54. The van der Waals surface area contributed by atoms with Crippen molar-refractivity contribution in [1.29, 1.82) is 0 Å². The molecule has 5 heteroatoms. The fraction of sp³-hybridized carbons (Fsp3) is 0.278. The molecule has 0 bridgehead atoms. The molecule has 5 nitrogen and oxygen atoms in total. The number of hydrogen-bond donors (Lipinski definition) is 1. The van der Waals surface area contributed by atoms with E-state index < -0.39 is 5.97 Å². The molecule has 0 aliphatic heterocycles. The van der Waals surface area contributed by atoms with E-state index in [1.54, 1.807) is 0 Å². The zero-order valence-electron chi connectivity index (χ0n) is 13.5. The molecule has 0 aromatic heterocycles. The molecule has 0 aliphatic carbocycles. The van der Waals surface area contributed by atoms with E-state index in [2.05, 4.69) is 19.1 Å². The zero-order valence-corrected chi connectivity index (χ0v) is 13.5. The van der Waals surface area contributed by atoms with Gasteiger partial charge in [0.05, 0.1) is 14.2 Å². The summed E-state index contributed by atoms with van der Waals surface area (Å²) in [6.45, 7) is 2.46. The second-order valence-electron chi connectivity index (χ2n) is 4.97. The molecular formula is C18H20O5. The highest BCUT2D eigenvalue weighted by atomic mass is 16.5. The Bertz CT molecular complexity index is 694. The van der Waals surface area contributed by atoms with Gasteiger partial charge < -0.3 is 19.3 Å². The van der Waals surface area contributed by atoms with Gasteiger partial charge in [-0.3, -0.25) is 0 Å². The van der Waals surface area contributed by atoms with Gasteiger partial charge in [-0.25, -0.2) is 4.79 Å². The highest BCUT2D eigenvalue weighted by molar-refractivity contribution is 5.92. The van der Waals surface area contributed by atoms with E-state index in [0.717, 1.165) is 12.0 Å². The maximum Gasteiger partial charge on any atom is 0.339 e. The molecule has 0 amide bonds. The minimum Gasteiger partial charge on any atom is -0.496 e. The van der Waals surface area contributed by atoms with Crippen LogP contribution < -0.4 is 14.2 Å². The fourth-order valence-electron chi connectivity index (χ4n) is 2.25. The van der Waals surface area contributed by atoms with E-state index in [-0.39, 0.29) is 11.3 Å². The number of hydrogen-bond acceptors (Lipinski definition) is 4. The van der Waals surface area contributed by atoms with Gasteiger partial charge >= 0.3 is 5.97 Å². The van der Waals surface area contributed by atoms with Crippen LogP contribution in [0.1, 0.15) is 28.4 Å². The van der Waals surface area contributed by atoms with Gasteiger partial charge in [-0.15, -0.1) is 0 Å². The fourth-order valence-corrected chi connectivity index (χ4v) is 2.25. The molecule has 122 valence electrons. The molecule has 0 heterocycles. The van der Waals surface area contributed by atoms with Crippen LogP contribution in [0, 0.1) is 0 Å². The summed E-state index contributed by atoms with van der Waals surface area (Å²) < 4.78 is 16.1. The molecule has 2 aromatic rings. The lowest BCUT2D eigenvalue weighted by Gasteiger charge is -2.14. The lowest BCUT2D eigenvalue weighted by molar-refractivity contribution is 0.0692. The van der Waals surface area contributed by atoms with Crippen molar-refractivity contribution in [3.63, 3.8) is 0 Å². The molecule has 1 N–H and O–H groups in total. The second-order valence-corrected chi connectivity index (χ2v) is 4.97. The van der Waals surface area contributed by atoms with E-state index in [9.17, 15) is 9.90 Å². The summed E-state index contributed by atoms with van der Waals surface area (Å²) in [5, 5.41) is 9.20. The van der Waals surface area contributed by atoms with Gasteiger partial charge in [-0.05, 0) is 17.5 Å². The number of carboxylic acid groups (broad SMARTS) is 1. The molecule has 0 spiro atoms. The normalized spacial score (nSPS) is 10.2. The van der Waals surface area contributed by atoms with E-state index in [1.165, 1.54) is 31.9 Å². The van der Waals surface area contributed by atoms with Crippen LogP contribution in [0.15, 0.2) is 36.4 Å². The molecule has 0 radical (unpaired) electrons. The Balaban J connectivity index is 2.26. The van der Waals surface area contributed by atoms with Crippen molar-refractivity contribution in [1.82, 2.24) is 0 Å². The molecule has 0 atom stereocenters. The first-order valence-electron chi connectivity index (χ1n) is 7.29. The van der Waals surface area contributed by atoms with Gasteiger partial charge in [0.2, 0.25) is 0 Å². The van der Waals surface area contributed by atoms with Gasteiger partial charge in [0.1, 0.15) is 17.9 Å². The largest absolute Gasteiger partial charge is 0.496 e. The van der Waals surface area contributed by atoms with Crippen molar-refractivity contribution in [2.45, 2.75) is 20.0 Å². The van der Waals surface area contributed by atoms with Gasteiger partial charge in [-0.1, -0.05) is 31.2 Å². The van der Waals surface area contributed by atoms with Crippen LogP contribution in [0.25, 0.3) is 0 Å². The SMILES string of the molecule is CCc1cccc(COc2cc(OC)c(C(=O)O)cc2OC)c1. The smallest absolute Gasteiger partial charge is 0.339 e. The average molecular weight is 316 g/mol. The minimum atomic E-state index is -1.08. The molecule has 0 saturated carbocycles. The number of ether oxygens (including phenoxy) is 3. The maximum atomic E-state index is 11.2. The molecule has 0 unspecified atom stereocenters. The van der Waals surface area contributed by atoms with Gasteiger partial charge in [0.15, 0.2) is 11.5 Å². The predicted octanol–water partition coefficient (Wildman–Crippen LogP) is 3.54. The Kier molecular flexibility index (Phi) is 5.46. The standard InChI is InChI=1S/C18H20O5/c1-4-12-6-5-7-13(8-12)11-23-17-10-15(21-2)14(18(19)20)9-16(17)22-3/h5-10H,4,11H2,1-3H3,(H,19,20). The maximum absolute atomic E-state index is 11.2. The number of aryl methyl sites for hydroxylation is 1. The van der Waals surface area contributed by atoms with Crippen LogP contribution in [0.2, 0.25) is 0 Å². The van der Waals surface area contributed by atoms with E-state index in [1.807, 2.05) is 12.1 Å². The van der Waals surface area contributed by atoms with Crippen LogP contribution in [-0.2, 0) is 13.0 Å². The van der Waals surface area contributed by atoms with Gasteiger partial charge in [0.25, 0.3) is 0 Å². The first-order valence-corrected chi connectivity index (χ1v) is 7.29. The number of carbonyl (C=O) groups is 1. The summed E-state index contributed by atoms with van der Waals surface area (Å²) in [7, 11) is 2.89. The monoisotopic (exact) mass is 316 g/mol. The van der Waals surface area contributed by atoms with E-state index >= 15 is 0 Å². The number of benzene rings is 2. The molecule has 0 saturated heterocycles. The topological polar surface area (TPSA) is 65.0 Å². The van der Waals surface area contributed by atoms with Gasteiger partial charge in [-0.2, -0.15) is 0 Å². The highest BCUT2D eigenvalue weighted by Gasteiger charge is 2.17. The number of rotatable bonds is 7. The highest BCUT2D eigenvalue weighted by Crippen LogP contribution is 2.35. The molecule has 0 fully saturated rings. The van der Waals surface area contributed by atoms with E-state index in [0.29, 0.717) is 18.1 Å². The van der Waals surface area contributed by atoms with Crippen molar-refractivity contribution < 1.29 is 24.1 Å². The summed E-state index contributed by atoms with van der Waals surface area (Å²) in [5.41, 5.74) is 2.30. The van der Waals surface area contributed by atoms with Crippen LogP contribution >= 0.6 is 0 Å². The Morgan fingerprint density at radius 1 is 1.00 bits per heavy atom. The Hall–Kier alpha value is -2.69. The van der Waals surface area contributed by atoms with Crippen molar-refractivity contribution in [2.75, 3.05) is 14.2 Å². The predicted molar refractivity (Wildman–Crippen MR) is 86.7 cm³/mol. The molecule has 2 rings (SSSR count). The lowest BCUT2D eigenvalue weighted by Crippen LogP contribution is -2.04. The van der Waals surface area contributed by atoms with Crippen LogP contribution in [0.5, 0.6) is 17.2 Å². The summed E-state index contributed by atoms with van der Waals surface area (Å²) in [6.07, 6.45) is 0.957. The average Bonchev–Trinajstić information content (AvgIpc) is 2.59. The van der Waals surface area contributed by atoms with Crippen molar-refractivity contribution in [2.24, 2.45) is 0 Å². The zero-order chi connectivity index (χ0) is 16.8. The molecule has 2 aromatic carbocycles. The van der Waals surface area contributed by atoms with Crippen LogP contribution in [-0.4, -0.2) is 25.3 Å². The third-order valence-corrected chi connectivity index (χ3v) is 3.51. The summed E-state index contributed by atoms with van der Waals surface area (Å²) in [5.74, 6) is -0.0518. The molecule has 0 aliphatic rings. The Morgan fingerprint density at radius 2 is 1.70 bits per heavy atom. The molecule has 23 heavy (non-hydrogen) atoms. The lowest BCUT2D eigenvalue weighted by atomic mass is 10.1. The summed E-state index contributed by atoms with van der Waals surface area (Å²) in [6, 6.07) is 11.0. The first kappa shape index (κ1) is 16.7. The Morgan fingerprint density at radius 3 is 2.30 bits per heavy atom. The number of aromatic carboxylic acids is 1. The molecular weight excluding hydrogens is 296 g/mol. The van der Waals surface area contributed by atoms with Crippen molar-refractivity contribution >= 4 is 5.97 Å².